The number of fused-ring (bicyclic) bond motifs is 1. The standard InChI is InChI=1S/C28H29N3O3S/c1-3-13-29-27(32)24-17-35-25(30-24)16-34-22-11-10-19-12-14-31(28(33)21-8-9-21)26(23(19)15-22)20-6-4-18(2)5-7-20/h3-7,10-11,15,17,21,26H,1,8-9,12-14,16H2,2H3,(H,29,32)/t26-/m1/s1. The number of carbonyl (C=O) groups is 2. The summed E-state index contributed by atoms with van der Waals surface area (Å²) in [5, 5.41) is 5.20. The summed E-state index contributed by atoms with van der Waals surface area (Å²) in [5.74, 6) is 0.946. The summed E-state index contributed by atoms with van der Waals surface area (Å²) in [6, 6.07) is 14.5. The molecule has 7 heteroatoms. The fourth-order valence-corrected chi connectivity index (χ4v) is 5.16. The van der Waals surface area contributed by atoms with E-state index in [0.29, 0.717) is 12.2 Å². The highest BCUT2D eigenvalue weighted by Crippen LogP contribution is 2.41. The number of hydrogen-bond donors (Lipinski definition) is 1. The number of ether oxygens (including phenoxy) is 1. The van der Waals surface area contributed by atoms with Crippen LogP contribution < -0.4 is 10.1 Å². The first kappa shape index (κ1) is 23.3. The van der Waals surface area contributed by atoms with Crippen molar-refractivity contribution in [3.05, 3.63) is 93.5 Å². The molecule has 0 unspecified atom stereocenters. The van der Waals surface area contributed by atoms with Crippen LogP contribution in [0.5, 0.6) is 5.75 Å². The van der Waals surface area contributed by atoms with Crippen molar-refractivity contribution in [3.63, 3.8) is 0 Å². The van der Waals surface area contributed by atoms with Gasteiger partial charge in [0.1, 0.15) is 23.1 Å². The number of aromatic nitrogens is 1. The zero-order valence-corrected chi connectivity index (χ0v) is 20.6. The van der Waals surface area contributed by atoms with Gasteiger partial charge in [-0.2, -0.15) is 0 Å². The lowest BCUT2D eigenvalue weighted by atomic mass is 9.87. The van der Waals surface area contributed by atoms with Crippen molar-refractivity contribution in [2.75, 3.05) is 13.1 Å². The molecule has 0 radical (unpaired) electrons. The number of hydrogen-bond acceptors (Lipinski definition) is 5. The van der Waals surface area contributed by atoms with Gasteiger partial charge in [0.25, 0.3) is 5.91 Å². The van der Waals surface area contributed by atoms with Gasteiger partial charge >= 0.3 is 0 Å². The van der Waals surface area contributed by atoms with Crippen molar-refractivity contribution >= 4 is 23.2 Å². The van der Waals surface area contributed by atoms with Gasteiger partial charge in [0.2, 0.25) is 5.91 Å². The summed E-state index contributed by atoms with van der Waals surface area (Å²) in [6.07, 6.45) is 4.46. The van der Waals surface area contributed by atoms with Gasteiger partial charge in [-0.3, -0.25) is 9.59 Å². The third-order valence-electron chi connectivity index (χ3n) is 6.50. The summed E-state index contributed by atoms with van der Waals surface area (Å²) in [5.41, 5.74) is 5.07. The van der Waals surface area contributed by atoms with Gasteiger partial charge in [0, 0.05) is 24.4 Å². The van der Waals surface area contributed by atoms with Crippen LogP contribution in [0, 0.1) is 12.8 Å². The topological polar surface area (TPSA) is 71.5 Å². The second kappa shape index (κ2) is 10.0. The van der Waals surface area contributed by atoms with E-state index in [1.54, 1.807) is 11.5 Å². The molecule has 1 aliphatic heterocycles. The van der Waals surface area contributed by atoms with Gasteiger partial charge in [-0.1, -0.05) is 42.0 Å². The van der Waals surface area contributed by atoms with Gasteiger partial charge in [-0.15, -0.1) is 17.9 Å². The average molecular weight is 488 g/mol. The van der Waals surface area contributed by atoms with Crippen molar-refractivity contribution in [2.24, 2.45) is 5.92 Å². The molecule has 0 saturated heterocycles. The maximum atomic E-state index is 13.2. The monoisotopic (exact) mass is 487 g/mol. The molecular weight excluding hydrogens is 458 g/mol. The first-order valence-corrected chi connectivity index (χ1v) is 12.9. The zero-order valence-electron chi connectivity index (χ0n) is 19.8. The van der Waals surface area contributed by atoms with Crippen LogP contribution in [0.3, 0.4) is 0 Å². The highest BCUT2D eigenvalue weighted by atomic mass is 32.1. The molecule has 2 aliphatic rings. The number of benzene rings is 2. The van der Waals surface area contributed by atoms with Crippen LogP contribution in [0.2, 0.25) is 0 Å². The number of amides is 2. The molecule has 1 fully saturated rings. The molecule has 3 aromatic rings. The summed E-state index contributed by atoms with van der Waals surface area (Å²) < 4.78 is 6.09. The number of rotatable bonds is 8. The number of carbonyl (C=O) groups excluding carboxylic acids is 2. The second-order valence-corrected chi connectivity index (χ2v) is 10.1. The Hall–Kier alpha value is -3.45. The highest BCUT2D eigenvalue weighted by molar-refractivity contribution is 7.09. The van der Waals surface area contributed by atoms with Crippen LogP contribution in [0.1, 0.15) is 56.6 Å². The summed E-state index contributed by atoms with van der Waals surface area (Å²) in [4.78, 5) is 31.7. The molecule has 1 atom stereocenters. The Morgan fingerprint density at radius 2 is 2.03 bits per heavy atom. The van der Waals surface area contributed by atoms with E-state index in [1.165, 1.54) is 22.5 Å². The molecule has 35 heavy (non-hydrogen) atoms. The smallest absolute Gasteiger partial charge is 0.271 e. The van der Waals surface area contributed by atoms with Crippen molar-refractivity contribution in [1.29, 1.82) is 0 Å². The van der Waals surface area contributed by atoms with Crippen molar-refractivity contribution < 1.29 is 14.3 Å². The van der Waals surface area contributed by atoms with E-state index in [4.69, 9.17) is 4.74 Å². The summed E-state index contributed by atoms with van der Waals surface area (Å²) in [7, 11) is 0. The molecule has 2 aromatic carbocycles. The lowest BCUT2D eigenvalue weighted by Crippen LogP contribution is -2.41. The lowest BCUT2D eigenvalue weighted by molar-refractivity contribution is -0.134. The molecule has 0 spiro atoms. The minimum atomic E-state index is -0.220. The minimum absolute atomic E-state index is 0.115. The van der Waals surface area contributed by atoms with E-state index in [0.717, 1.165) is 47.7 Å². The van der Waals surface area contributed by atoms with Crippen LogP contribution in [0.15, 0.2) is 60.5 Å². The molecule has 2 heterocycles. The van der Waals surface area contributed by atoms with E-state index >= 15 is 0 Å². The molecule has 5 rings (SSSR count). The lowest BCUT2D eigenvalue weighted by Gasteiger charge is -2.38. The van der Waals surface area contributed by atoms with Crippen LogP contribution in [0.4, 0.5) is 0 Å². The Bertz CT molecular complexity index is 1250. The third kappa shape index (κ3) is 5.15. The Morgan fingerprint density at radius 1 is 1.23 bits per heavy atom. The quantitative estimate of drug-likeness (QED) is 0.462. The third-order valence-corrected chi connectivity index (χ3v) is 7.32. The second-order valence-electron chi connectivity index (χ2n) is 9.14. The largest absolute Gasteiger partial charge is 0.486 e. The van der Waals surface area contributed by atoms with Crippen molar-refractivity contribution in [3.8, 4) is 5.75 Å². The minimum Gasteiger partial charge on any atom is -0.486 e. The van der Waals surface area contributed by atoms with E-state index in [1.807, 2.05) is 6.07 Å². The van der Waals surface area contributed by atoms with E-state index in [-0.39, 0.29) is 30.4 Å². The molecular formula is C28H29N3O3S. The maximum absolute atomic E-state index is 13.2. The van der Waals surface area contributed by atoms with Gasteiger partial charge in [0.15, 0.2) is 0 Å². The molecule has 1 aromatic heterocycles. The highest BCUT2D eigenvalue weighted by Gasteiger charge is 2.39. The van der Waals surface area contributed by atoms with Crippen LogP contribution in [-0.2, 0) is 17.8 Å². The summed E-state index contributed by atoms with van der Waals surface area (Å²) >= 11 is 1.40. The zero-order chi connectivity index (χ0) is 24.4. The van der Waals surface area contributed by atoms with Gasteiger partial charge in [-0.05, 0) is 55.0 Å². The Morgan fingerprint density at radius 3 is 2.77 bits per heavy atom. The molecule has 1 N–H and O–H groups in total. The van der Waals surface area contributed by atoms with E-state index < -0.39 is 0 Å². The molecule has 0 bridgehead atoms. The van der Waals surface area contributed by atoms with Gasteiger partial charge in [-0.25, -0.2) is 4.98 Å². The molecule has 1 aliphatic carbocycles. The fraction of sp³-hybridized carbons (Fsp3) is 0.321. The fourth-order valence-electron chi connectivity index (χ4n) is 4.48. The SMILES string of the molecule is C=CCNC(=O)c1csc(COc2ccc3c(c2)[C@@H](c2ccc(C)cc2)N(C(=O)C2CC2)CC3)n1. The number of aryl methyl sites for hydroxylation is 1. The predicted octanol–water partition coefficient (Wildman–Crippen LogP) is 4.83. The number of thiazole rings is 1. The summed E-state index contributed by atoms with van der Waals surface area (Å²) in [6.45, 7) is 7.09. The van der Waals surface area contributed by atoms with Crippen LogP contribution >= 0.6 is 11.3 Å². The first-order chi connectivity index (χ1) is 17.0. The van der Waals surface area contributed by atoms with Crippen molar-refractivity contribution in [2.45, 2.75) is 38.8 Å². The Balaban J connectivity index is 1.37. The first-order valence-electron chi connectivity index (χ1n) is 12.0. The van der Waals surface area contributed by atoms with Gasteiger partial charge < -0.3 is 15.0 Å². The van der Waals surface area contributed by atoms with E-state index in [9.17, 15) is 9.59 Å². The van der Waals surface area contributed by atoms with Crippen LogP contribution in [0.25, 0.3) is 0 Å². The number of nitrogens with one attached hydrogen (secondary N) is 1. The van der Waals surface area contributed by atoms with Crippen LogP contribution in [-0.4, -0.2) is 34.8 Å². The normalized spacial score (nSPS) is 16.9. The Kier molecular flexibility index (Phi) is 6.68. The molecule has 6 nitrogen and oxygen atoms in total. The van der Waals surface area contributed by atoms with Gasteiger partial charge in [0.05, 0.1) is 6.04 Å². The Labute approximate surface area is 209 Å². The van der Waals surface area contributed by atoms with Crippen molar-refractivity contribution in [1.82, 2.24) is 15.2 Å². The molecule has 180 valence electrons. The maximum Gasteiger partial charge on any atom is 0.271 e. The predicted molar refractivity (Wildman–Crippen MR) is 137 cm³/mol. The molecule has 2 amide bonds. The van der Waals surface area contributed by atoms with E-state index in [2.05, 4.69) is 65.1 Å². The average Bonchev–Trinajstić information content (AvgIpc) is 3.62. The number of nitrogens with zero attached hydrogens (tertiary/aromatic N) is 2. The molecule has 1 saturated carbocycles.